The minimum Gasteiger partial charge on any atom is -0.482 e. The third-order valence-corrected chi connectivity index (χ3v) is 3.21. The van der Waals surface area contributed by atoms with Crippen LogP contribution in [0.3, 0.4) is 0 Å². The maximum Gasteiger partial charge on any atom is 0.344 e. The van der Waals surface area contributed by atoms with Gasteiger partial charge < -0.3 is 19.7 Å². The molecule has 1 aromatic rings. The monoisotopic (exact) mass is 320 g/mol. The molecule has 1 saturated carbocycles. The van der Waals surface area contributed by atoms with E-state index in [1.54, 1.807) is 24.3 Å². The van der Waals surface area contributed by atoms with Gasteiger partial charge in [-0.1, -0.05) is 18.2 Å². The Morgan fingerprint density at radius 3 is 2.52 bits per heavy atom. The van der Waals surface area contributed by atoms with Crippen molar-refractivity contribution < 1.29 is 23.9 Å². The van der Waals surface area contributed by atoms with E-state index in [4.69, 9.17) is 9.47 Å². The maximum absolute atomic E-state index is 11.8. The Bertz CT molecular complexity index is 557. The number of likely N-dealkylation sites (N-methyl/N-ethyl adjacent to an activating group) is 1. The summed E-state index contributed by atoms with van der Waals surface area (Å²) in [5.41, 5.74) is 0. The van der Waals surface area contributed by atoms with Crippen LogP contribution in [0.5, 0.6) is 5.75 Å². The van der Waals surface area contributed by atoms with E-state index in [1.165, 1.54) is 11.9 Å². The van der Waals surface area contributed by atoms with Gasteiger partial charge in [0.15, 0.2) is 13.2 Å². The quantitative estimate of drug-likeness (QED) is 0.699. The summed E-state index contributed by atoms with van der Waals surface area (Å²) in [6.45, 7) is -0.735. The molecule has 1 aromatic carbocycles. The van der Waals surface area contributed by atoms with Crippen molar-refractivity contribution in [1.29, 1.82) is 0 Å². The van der Waals surface area contributed by atoms with E-state index in [9.17, 15) is 14.4 Å². The zero-order valence-electron chi connectivity index (χ0n) is 13.0. The predicted molar refractivity (Wildman–Crippen MR) is 81.7 cm³/mol. The van der Waals surface area contributed by atoms with Gasteiger partial charge in [0.25, 0.3) is 5.91 Å². The van der Waals surface area contributed by atoms with Crippen LogP contribution < -0.4 is 10.1 Å². The molecule has 0 heterocycles. The first-order chi connectivity index (χ1) is 11.0. The maximum atomic E-state index is 11.8. The summed E-state index contributed by atoms with van der Waals surface area (Å²) in [5, 5.41) is 2.78. The Balaban J connectivity index is 1.62. The second kappa shape index (κ2) is 8.17. The number of ether oxygens (including phenoxy) is 2. The molecule has 0 bridgehead atoms. The number of carbonyl (C=O) groups is 3. The first kappa shape index (κ1) is 16.8. The van der Waals surface area contributed by atoms with Crippen LogP contribution in [0.25, 0.3) is 0 Å². The number of esters is 1. The van der Waals surface area contributed by atoms with E-state index < -0.39 is 18.5 Å². The number of rotatable bonds is 8. The summed E-state index contributed by atoms with van der Waals surface area (Å²) in [6, 6.07) is 9.07. The fourth-order valence-electron chi connectivity index (χ4n) is 1.76. The second-order valence-electron chi connectivity index (χ2n) is 5.35. The molecule has 7 heteroatoms. The highest BCUT2D eigenvalue weighted by Crippen LogP contribution is 2.18. The number of amides is 2. The van der Waals surface area contributed by atoms with Crippen LogP contribution in [0.15, 0.2) is 30.3 Å². The van der Waals surface area contributed by atoms with Gasteiger partial charge in [0.1, 0.15) is 5.75 Å². The number of hydrogen-bond acceptors (Lipinski definition) is 5. The number of nitrogens with one attached hydrogen (secondary N) is 1. The van der Waals surface area contributed by atoms with Gasteiger partial charge in [-0.15, -0.1) is 0 Å². The summed E-state index contributed by atoms with van der Waals surface area (Å²) in [5.74, 6) is -0.742. The third kappa shape index (κ3) is 6.37. The number of hydrogen-bond donors (Lipinski definition) is 1. The molecule has 0 aliphatic heterocycles. The molecule has 0 spiro atoms. The molecule has 1 aliphatic rings. The minimum atomic E-state index is -0.641. The SMILES string of the molecule is CN(CC(=O)NC1CC1)C(=O)COC(=O)COc1ccccc1. The lowest BCUT2D eigenvalue weighted by molar-refractivity contribution is -0.153. The van der Waals surface area contributed by atoms with Crippen LogP contribution in [-0.4, -0.2) is 55.5 Å². The fraction of sp³-hybridized carbons (Fsp3) is 0.438. The summed E-state index contributed by atoms with van der Waals surface area (Å²) in [4.78, 5) is 36.1. The molecule has 0 atom stereocenters. The van der Waals surface area contributed by atoms with Crippen molar-refractivity contribution in [3.8, 4) is 5.75 Å². The molecule has 2 rings (SSSR count). The third-order valence-electron chi connectivity index (χ3n) is 3.21. The van der Waals surface area contributed by atoms with Gasteiger partial charge in [-0.25, -0.2) is 4.79 Å². The highest BCUT2D eigenvalue weighted by Gasteiger charge is 2.24. The van der Waals surface area contributed by atoms with Crippen molar-refractivity contribution in [2.45, 2.75) is 18.9 Å². The van der Waals surface area contributed by atoms with Crippen molar-refractivity contribution in [3.05, 3.63) is 30.3 Å². The standard InChI is InChI=1S/C16H20N2O5/c1-18(9-14(19)17-12-7-8-12)15(20)10-23-16(21)11-22-13-5-3-2-4-6-13/h2-6,12H,7-11H2,1H3,(H,17,19). The minimum absolute atomic E-state index is 0.0482. The molecule has 1 fully saturated rings. The van der Waals surface area contributed by atoms with Gasteiger partial charge in [-0.3, -0.25) is 9.59 Å². The first-order valence-corrected chi connectivity index (χ1v) is 7.41. The lowest BCUT2D eigenvalue weighted by Gasteiger charge is -2.16. The molecular weight excluding hydrogens is 300 g/mol. The van der Waals surface area contributed by atoms with Gasteiger partial charge in [0, 0.05) is 13.1 Å². The Morgan fingerprint density at radius 1 is 1.17 bits per heavy atom. The molecule has 1 N–H and O–H groups in total. The summed E-state index contributed by atoms with van der Waals surface area (Å²) >= 11 is 0. The molecule has 124 valence electrons. The average molecular weight is 320 g/mol. The van der Waals surface area contributed by atoms with E-state index in [2.05, 4.69) is 5.32 Å². The summed E-state index contributed by atoms with van der Waals surface area (Å²) < 4.78 is 10.0. The Morgan fingerprint density at radius 2 is 1.87 bits per heavy atom. The highest BCUT2D eigenvalue weighted by atomic mass is 16.6. The van der Waals surface area contributed by atoms with E-state index >= 15 is 0 Å². The van der Waals surface area contributed by atoms with Gasteiger partial charge in [-0.05, 0) is 25.0 Å². The lowest BCUT2D eigenvalue weighted by atomic mass is 10.3. The fourth-order valence-corrected chi connectivity index (χ4v) is 1.76. The van der Waals surface area contributed by atoms with Gasteiger partial charge in [0.2, 0.25) is 5.91 Å². The van der Waals surface area contributed by atoms with Gasteiger partial charge in [0.05, 0.1) is 6.54 Å². The zero-order chi connectivity index (χ0) is 16.7. The Hall–Kier alpha value is -2.57. The van der Waals surface area contributed by atoms with E-state index in [0.717, 1.165) is 12.8 Å². The van der Waals surface area contributed by atoms with Crippen molar-refractivity contribution >= 4 is 17.8 Å². The van der Waals surface area contributed by atoms with Crippen molar-refractivity contribution in [3.63, 3.8) is 0 Å². The van der Waals surface area contributed by atoms with Crippen molar-refractivity contribution in [2.75, 3.05) is 26.8 Å². The van der Waals surface area contributed by atoms with Gasteiger partial charge >= 0.3 is 5.97 Å². The van der Waals surface area contributed by atoms with Crippen LogP contribution in [0.1, 0.15) is 12.8 Å². The molecule has 2 amide bonds. The Kier molecular flexibility index (Phi) is 5.96. The predicted octanol–water partition coefficient (Wildman–Crippen LogP) is 0.346. The van der Waals surface area contributed by atoms with E-state index in [-0.39, 0.29) is 25.1 Å². The van der Waals surface area contributed by atoms with Crippen LogP contribution in [-0.2, 0) is 19.1 Å². The molecule has 1 aliphatic carbocycles. The first-order valence-electron chi connectivity index (χ1n) is 7.41. The van der Waals surface area contributed by atoms with Crippen LogP contribution in [0.2, 0.25) is 0 Å². The number of para-hydroxylation sites is 1. The lowest BCUT2D eigenvalue weighted by Crippen LogP contribution is -2.40. The normalized spacial score (nSPS) is 13.1. The molecule has 0 saturated heterocycles. The van der Waals surface area contributed by atoms with Crippen molar-refractivity contribution in [2.24, 2.45) is 0 Å². The van der Waals surface area contributed by atoms with Crippen molar-refractivity contribution in [1.82, 2.24) is 10.2 Å². The summed E-state index contributed by atoms with van der Waals surface area (Å²) in [6.07, 6.45) is 1.98. The van der Waals surface area contributed by atoms with Gasteiger partial charge in [-0.2, -0.15) is 0 Å². The number of nitrogens with zero attached hydrogens (tertiary/aromatic N) is 1. The second-order valence-corrected chi connectivity index (χ2v) is 5.35. The average Bonchev–Trinajstić information content (AvgIpc) is 3.35. The highest BCUT2D eigenvalue weighted by molar-refractivity contribution is 5.86. The molecule has 23 heavy (non-hydrogen) atoms. The van der Waals surface area contributed by atoms with E-state index in [1.807, 2.05) is 6.07 Å². The number of carbonyl (C=O) groups excluding carboxylic acids is 3. The molecular formula is C16H20N2O5. The zero-order valence-corrected chi connectivity index (χ0v) is 13.0. The largest absolute Gasteiger partial charge is 0.482 e. The molecule has 0 aromatic heterocycles. The topological polar surface area (TPSA) is 84.9 Å². The molecule has 7 nitrogen and oxygen atoms in total. The molecule has 0 radical (unpaired) electrons. The molecule has 0 unspecified atom stereocenters. The Labute approximate surface area is 134 Å². The van der Waals surface area contributed by atoms with E-state index in [0.29, 0.717) is 5.75 Å². The summed E-state index contributed by atoms with van der Waals surface area (Å²) in [7, 11) is 1.49. The smallest absolute Gasteiger partial charge is 0.344 e. The number of benzene rings is 1. The van der Waals surface area contributed by atoms with Crippen LogP contribution in [0, 0.1) is 0 Å². The van der Waals surface area contributed by atoms with Crippen LogP contribution in [0.4, 0.5) is 0 Å². The van der Waals surface area contributed by atoms with Crippen LogP contribution >= 0.6 is 0 Å².